The van der Waals surface area contributed by atoms with E-state index in [1.807, 2.05) is 32.9 Å². The van der Waals surface area contributed by atoms with Gasteiger partial charge in [0.2, 0.25) is 0 Å². The standard InChI is InChI=1S/C24H30ClNO3/c1-5-17-8-6-9-18(14-17)22-19(10-7-11-21(22)25)15-20-16-26(12-13-28-20)23(27)29-24(2,3)4/h6-11,14,20H,5,12-13,15-16H2,1-4H3. The van der Waals surface area contributed by atoms with Crippen LogP contribution >= 0.6 is 11.6 Å². The lowest BCUT2D eigenvalue weighted by Crippen LogP contribution is -2.48. The Morgan fingerprint density at radius 2 is 2.00 bits per heavy atom. The van der Waals surface area contributed by atoms with Crippen LogP contribution in [-0.4, -0.2) is 42.4 Å². The quantitative estimate of drug-likeness (QED) is 0.638. The largest absolute Gasteiger partial charge is 0.444 e. The van der Waals surface area contributed by atoms with Gasteiger partial charge in [-0.25, -0.2) is 4.79 Å². The lowest BCUT2D eigenvalue weighted by atomic mass is 9.94. The topological polar surface area (TPSA) is 38.8 Å². The first kappa shape index (κ1) is 21.7. The Labute approximate surface area is 178 Å². The molecule has 2 aromatic rings. The number of ether oxygens (including phenoxy) is 2. The summed E-state index contributed by atoms with van der Waals surface area (Å²) in [5.41, 5.74) is 4.06. The van der Waals surface area contributed by atoms with E-state index >= 15 is 0 Å². The van der Waals surface area contributed by atoms with Gasteiger partial charge in [0.1, 0.15) is 5.60 Å². The molecule has 0 N–H and O–H groups in total. The van der Waals surface area contributed by atoms with Crippen molar-refractivity contribution in [3.8, 4) is 11.1 Å². The molecule has 3 rings (SSSR count). The van der Waals surface area contributed by atoms with E-state index in [1.54, 1.807) is 4.90 Å². The smallest absolute Gasteiger partial charge is 0.410 e. The average Bonchev–Trinajstić information content (AvgIpc) is 2.67. The molecule has 1 aliphatic heterocycles. The van der Waals surface area contributed by atoms with E-state index in [9.17, 15) is 4.79 Å². The zero-order valence-electron chi connectivity index (χ0n) is 17.7. The number of benzene rings is 2. The normalized spacial score (nSPS) is 17.3. The fourth-order valence-corrected chi connectivity index (χ4v) is 3.89. The summed E-state index contributed by atoms with van der Waals surface area (Å²) in [5, 5.41) is 0.732. The third-order valence-electron chi connectivity index (χ3n) is 4.96. The summed E-state index contributed by atoms with van der Waals surface area (Å²) in [5.74, 6) is 0. The van der Waals surface area contributed by atoms with Gasteiger partial charge in [-0.15, -0.1) is 0 Å². The van der Waals surface area contributed by atoms with Gasteiger partial charge in [0.05, 0.1) is 19.3 Å². The van der Waals surface area contributed by atoms with Gasteiger partial charge in [-0.05, 0) is 49.9 Å². The van der Waals surface area contributed by atoms with Crippen molar-refractivity contribution in [2.75, 3.05) is 19.7 Å². The van der Waals surface area contributed by atoms with Crippen LogP contribution in [0.5, 0.6) is 0 Å². The molecule has 1 atom stereocenters. The Hall–Kier alpha value is -2.04. The summed E-state index contributed by atoms with van der Waals surface area (Å²) < 4.78 is 11.5. The number of carbonyl (C=O) groups excluding carboxylic acids is 1. The van der Waals surface area contributed by atoms with Crippen LogP contribution in [0.15, 0.2) is 42.5 Å². The Morgan fingerprint density at radius 3 is 2.72 bits per heavy atom. The number of hydrogen-bond donors (Lipinski definition) is 0. The van der Waals surface area contributed by atoms with Crippen LogP contribution in [0.2, 0.25) is 5.02 Å². The third-order valence-corrected chi connectivity index (χ3v) is 5.28. The van der Waals surface area contributed by atoms with Gasteiger partial charge in [0, 0.05) is 23.6 Å². The molecule has 0 spiro atoms. The number of halogens is 1. The van der Waals surface area contributed by atoms with E-state index in [0.29, 0.717) is 26.1 Å². The van der Waals surface area contributed by atoms with Crippen molar-refractivity contribution in [3.63, 3.8) is 0 Å². The second-order valence-corrected chi connectivity index (χ2v) is 8.86. The van der Waals surface area contributed by atoms with E-state index in [2.05, 4.69) is 37.3 Å². The second-order valence-electron chi connectivity index (χ2n) is 8.45. The van der Waals surface area contributed by atoms with Gasteiger partial charge in [0.25, 0.3) is 0 Å². The van der Waals surface area contributed by atoms with Crippen LogP contribution in [0, 0.1) is 0 Å². The van der Waals surface area contributed by atoms with Crippen LogP contribution in [0.1, 0.15) is 38.8 Å². The van der Waals surface area contributed by atoms with Gasteiger partial charge in [-0.2, -0.15) is 0 Å². The van der Waals surface area contributed by atoms with Crippen LogP contribution in [0.4, 0.5) is 4.79 Å². The Morgan fingerprint density at radius 1 is 1.24 bits per heavy atom. The molecule has 156 valence electrons. The summed E-state index contributed by atoms with van der Waals surface area (Å²) in [6, 6.07) is 14.5. The first-order valence-electron chi connectivity index (χ1n) is 10.2. The molecule has 5 heteroatoms. The van der Waals surface area contributed by atoms with Crippen LogP contribution in [0.3, 0.4) is 0 Å². The zero-order valence-corrected chi connectivity index (χ0v) is 18.5. The van der Waals surface area contributed by atoms with Crippen molar-refractivity contribution in [2.45, 2.75) is 52.2 Å². The Kier molecular flexibility index (Phi) is 6.86. The van der Waals surface area contributed by atoms with E-state index in [0.717, 1.165) is 28.1 Å². The molecule has 0 aliphatic carbocycles. The van der Waals surface area contributed by atoms with Gasteiger partial charge in [-0.1, -0.05) is 54.9 Å². The highest BCUT2D eigenvalue weighted by Crippen LogP contribution is 2.33. The lowest BCUT2D eigenvalue weighted by Gasteiger charge is -2.34. The molecule has 1 fully saturated rings. The molecule has 1 unspecified atom stereocenters. The lowest BCUT2D eigenvalue weighted by molar-refractivity contribution is -0.0414. The number of hydrogen-bond acceptors (Lipinski definition) is 3. The maximum atomic E-state index is 12.5. The van der Waals surface area contributed by atoms with Gasteiger partial charge >= 0.3 is 6.09 Å². The van der Waals surface area contributed by atoms with Crippen molar-refractivity contribution in [3.05, 3.63) is 58.6 Å². The molecule has 1 heterocycles. The predicted molar refractivity (Wildman–Crippen MR) is 118 cm³/mol. The van der Waals surface area contributed by atoms with E-state index in [4.69, 9.17) is 21.1 Å². The van der Waals surface area contributed by atoms with Crippen LogP contribution in [-0.2, 0) is 22.3 Å². The van der Waals surface area contributed by atoms with E-state index < -0.39 is 5.60 Å². The van der Waals surface area contributed by atoms with Gasteiger partial charge < -0.3 is 14.4 Å². The number of aryl methyl sites for hydroxylation is 1. The number of nitrogens with zero attached hydrogens (tertiary/aromatic N) is 1. The average molecular weight is 416 g/mol. The van der Waals surface area contributed by atoms with Crippen LogP contribution < -0.4 is 0 Å². The Balaban J connectivity index is 1.80. The monoisotopic (exact) mass is 415 g/mol. The molecule has 1 saturated heterocycles. The maximum absolute atomic E-state index is 12.5. The summed E-state index contributed by atoms with van der Waals surface area (Å²) in [4.78, 5) is 14.2. The first-order valence-corrected chi connectivity index (χ1v) is 10.6. The van der Waals surface area contributed by atoms with Crippen molar-refractivity contribution in [1.29, 1.82) is 0 Å². The molecular formula is C24H30ClNO3. The molecule has 29 heavy (non-hydrogen) atoms. The molecular weight excluding hydrogens is 386 g/mol. The van der Waals surface area contributed by atoms with E-state index in [1.165, 1.54) is 5.56 Å². The highest BCUT2D eigenvalue weighted by Gasteiger charge is 2.28. The minimum absolute atomic E-state index is 0.0946. The SMILES string of the molecule is CCc1cccc(-c2c(Cl)cccc2CC2CN(C(=O)OC(C)(C)C)CCO2)c1. The predicted octanol–water partition coefficient (Wildman–Crippen LogP) is 5.75. The summed E-state index contributed by atoms with van der Waals surface area (Å²) in [6.45, 7) is 9.35. The van der Waals surface area contributed by atoms with Crippen molar-refractivity contribution in [1.82, 2.24) is 4.90 Å². The number of amides is 1. The minimum Gasteiger partial charge on any atom is -0.444 e. The molecule has 0 radical (unpaired) electrons. The molecule has 0 saturated carbocycles. The summed E-state index contributed by atoms with van der Waals surface area (Å²) in [7, 11) is 0. The van der Waals surface area contributed by atoms with Gasteiger partial charge in [-0.3, -0.25) is 0 Å². The summed E-state index contributed by atoms with van der Waals surface area (Å²) >= 11 is 6.60. The maximum Gasteiger partial charge on any atom is 0.410 e. The molecule has 0 aromatic heterocycles. The highest BCUT2D eigenvalue weighted by atomic mass is 35.5. The highest BCUT2D eigenvalue weighted by molar-refractivity contribution is 6.33. The number of carbonyl (C=O) groups is 1. The fraction of sp³-hybridized carbons (Fsp3) is 0.458. The van der Waals surface area contributed by atoms with Crippen molar-refractivity contribution < 1.29 is 14.3 Å². The second kappa shape index (κ2) is 9.19. The number of rotatable bonds is 4. The molecule has 4 nitrogen and oxygen atoms in total. The Bertz CT molecular complexity index is 859. The minimum atomic E-state index is -0.505. The fourth-order valence-electron chi connectivity index (χ4n) is 3.59. The summed E-state index contributed by atoms with van der Waals surface area (Å²) in [6.07, 6.45) is 1.28. The van der Waals surface area contributed by atoms with Crippen molar-refractivity contribution in [2.24, 2.45) is 0 Å². The molecule has 2 aromatic carbocycles. The van der Waals surface area contributed by atoms with E-state index in [-0.39, 0.29) is 12.2 Å². The van der Waals surface area contributed by atoms with Gasteiger partial charge in [0.15, 0.2) is 0 Å². The zero-order chi connectivity index (χ0) is 21.0. The number of morpholine rings is 1. The molecule has 1 aliphatic rings. The van der Waals surface area contributed by atoms with Crippen LogP contribution in [0.25, 0.3) is 11.1 Å². The van der Waals surface area contributed by atoms with Crippen molar-refractivity contribution >= 4 is 17.7 Å². The molecule has 0 bridgehead atoms. The molecule has 1 amide bonds. The first-order chi connectivity index (χ1) is 13.8. The third kappa shape index (κ3) is 5.74.